The molecule has 0 aliphatic heterocycles. The predicted octanol–water partition coefficient (Wildman–Crippen LogP) is 2.65. The van der Waals surface area contributed by atoms with Crippen LogP contribution in [0.15, 0.2) is 23.1 Å². The van der Waals surface area contributed by atoms with Crippen molar-refractivity contribution in [1.29, 1.82) is 0 Å². The van der Waals surface area contributed by atoms with E-state index in [2.05, 4.69) is 4.89 Å². The van der Waals surface area contributed by atoms with E-state index in [4.69, 9.17) is 9.57 Å². The van der Waals surface area contributed by atoms with Crippen molar-refractivity contribution in [1.82, 2.24) is 4.89 Å². The Bertz CT molecular complexity index is 538. The highest BCUT2D eigenvalue weighted by Gasteiger charge is 2.16. The smallest absolute Gasteiger partial charge is 0.262 e. The standard InChI is InChI=1S/C14H23NO4S/c1-10(2)9-18-15-20(16,17)13-6-7-14(12(5)8-13)19-11(3)4/h6-8,10-11,15H,9H2,1-5H3. The Balaban J connectivity index is 2.83. The van der Waals surface area contributed by atoms with E-state index in [9.17, 15) is 8.42 Å². The summed E-state index contributed by atoms with van der Waals surface area (Å²) in [5.74, 6) is 0.934. The van der Waals surface area contributed by atoms with Gasteiger partial charge in [0.1, 0.15) is 5.75 Å². The van der Waals surface area contributed by atoms with Crippen molar-refractivity contribution in [3.63, 3.8) is 0 Å². The third-order valence-electron chi connectivity index (χ3n) is 2.40. The van der Waals surface area contributed by atoms with Crippen LogP contribution in [0.1, 0.15) is 33.3 Å². The lowest BCUT2D eigenvalue weighted by molar-refractivity contribution is 0.0718. The molecule has 1 aromatic carbocycles. The maximum absolute atomic E-state index is 12.0. The van der Waals surface area contributed by atoms with Crippen molar-refractivity contribution >= 4 is 10.0 Å². The van der Waals surface area contributed by atoms with Crippen LogP contribution in [0, 0.1) is 12.8 Å². The lowest BCUT2D eigenvalue weighted by Crippen LogP contribution is -2.26. The van der Waals surface area contributed by atoms with Gasteiger partial charge in [-0.25, -0.2) is 8.42 Å². The summed E-state index contributed by atoms with van der Waals surface area (Å²) < 4.78 is 29.6. The van der Waals surface area contributed by atoms with Crippen LogP contribution in [0.25, 0.3) is 0 Å². The highest BCUT2D eigenvalue weighted by atomic mass is 32.2. The molecule has 0 saturated carbocycles. The molecule has 0 atom stereocenters. The van der Waals surface area contributed by atoms with Gasteiger partial charge in [0.2, 0.25) is 0 Å². The fraction of sp³-hybridized carbons (Fsp3) is 0.571. The topological polar surface area (TPSA) is 64.6 Å². The Morgan fingerprint density at radius 2 is 1.85 bits per heavy atom. The van der Waals surface area contributed by atoms with Gasteiger partial charge in [0.25, 0.3) is 10.0 Å². The second-order valence-corrected chi connectivity index (χ2v) is 7.03. The average molecular weight is 301 g/mol. The molecular weight excluding hydrogens is 278 g/mol. The van der Waals surface area contributed by atoms with Crippen LogP contribution < -0.4 is 9.62 Å². The van der Waals surface area contributed by atoms with Crippen LogP contribution in [0.5, 0.6) is 5.75 Å². The first-order chi connectivity index (χ1) is 9.22. The van der Waals surface area contributed by atoms with Gasteiger partial charge in [-0.05, 0) is 50.5 Å². The molecule has 1 rings (SSSR count). The van der Waals surface area contributed by atoms with E-state index in [0.717, 1.165) is 5.56 Å². The number of sulfonamides is 1. The van der Waals surface area contributed by atoms with Gasteiger partial charge in [-0.3, -0.25) is 4.84 Å². The zero-order chi connectivity index (χ0) is 15.3. The molecule has 0 bridgehead atoms. The number of hydrogen-bond acceptors (Lipinski definition) is 4. The summed E-state index contributed by atoms with van der Waals surface area (Å²) in [5.41, 5.74) is 0.769. The van der Waals surface area contributed by atoms with Crippen molar-refractivity contribution in [3.05, 3.63) is 23.8 Å². The second-order valence-electron chi connectivity index (χ2n) is 5.39. The summed E-state index contributed by atoms with van der Waals surface area (Å²) in [7, 11) is -3.65. The predicted molar refractivity (Wildman–Crippen MR) is 78.1 cm³/mol. The molecule has 1 aromatic rings. The van der Waals surface area contributed by atoms with Gasteiger partial charge >= 0.3 is 0 Å². The van der Waals surface area contributed by atoms with E-state index < -0.39 is 10.0 Å². The molecule has 0 saturated heterocycles. The highest BCUT2D eigenvalue weighted by molar-refractivity contribution is 7.89. The monoisotopic (exact) mass is 301 g/mol. The van der Waals surface area contributed by atoms with E-state index in [-0.39, 0.29) is 16.9 Å². The highest BCUT2D eigenvalue weighted by Crippen LogP contribution is 2.22. The Morgan fingerprint density at radius 3 is 2.35 bits per heavy atom. The van der Waals surface area contributed by atoms with Gasteiger partial charge in [0, 0.05) is 0 Å². The van der Waals surface area contributed by atoms with E-state index >= 15 is 0 Å². The normalized spacial score (nSPS) is 12.2. The van der Waals surface area contributed by atoms with Gasteiger partial charge in [-0.1, -0.05) is 18.7 Å². The molecule has 0 amide bonds. The average Bonchev–Trinajstić information content (AvgIpc) is 2.30. The first-order valence-electron chi connectivity index (χ1n) is 6.63. The maximum atomic E-state index is 12.0. The van der Waals surface area contributed by atoms with Crippen molar-refractivity contribution in [2.45, 2.75) is 45.6 Å². The minimum atomic E-state index is -3.65. The zero-order valence-corrected chi connectivity index (χ0v) is 13.5. The molecular formula is C14H23NO4S. The summed E-state index contributed by atoms with van der Waals surface area (Å²) in [6.45, 7) is 9.86. The van der Waals surface area contributed by atoms with E-state index in [1.165, 1.54) is 6.07 Å². The molecule has 20 heavy (non-hydrogen) atoms. The molecule has 1 N–H and O–H groups in total. The number of ether oxygens (including phenoxy) is 1. The first-order valence-corrected chi connectivity index (χ1v) is 8.11. The van der Waals surface area contributed by atoms with Gasteiger partial charge in [-0.2, -0.15) is 0 Å². The van der Waals surface area contributed by atoms with Crippen LogP contribution in [-0.4, -0.2) is 21.1 Å². The summed E-state index contributed by atoms with van der Waals surface area (Å²) in [6, 6.07) is 4.73. The van der Waals surface area contributed by atoms with Crippen LogP contribution in [0.2, 0.25) is 0 Å². The molecule has 0 aliphatic carbocycles. The molecule has 114 valence electrons. The van der Waals surface area contributed by atoms with Crippen molar-refractivity contribution < 1.29 is 18.0 Å². The first kappa shape index (κ1) is 16.9. The van der Waals surface area contributed by atoms with Crippen LogP contribution >= 0.6 is 0 Å². The molecule has 0 aromatic heterocycles. The second kappa shape index (κ2) is 7.06. The molecule has 0 fully saturated rings. The molecule has 5 nitrogen and oxygen atoms in total. The number of aryl methyl sites for hydroxylation is 1. The minimum Gasteiger partial charge on any atom is -0.491 e. The Hall–Kier alpha value is -1.11. The van der Waals surface area contributed by atoms with Gasteiger partial charge in [-0.15, -0.1) is 0 Å². The molecule has 6 heteroatoms. The summed E-state index contributed by atoms with van der Waals surface area (Å²) in [6.07, 6.45) is 0.0451. The molecule has 0 heterocycles. The van der Waals surface area contributed by atoms with Crippen molar-refractivity contribution in [3.8, 4) is 5.75 Å². The Labute approximate surface area is 121 Å². The van der Waals surface area contributed by atoms with Gasteiger partial charge in [0.05, 0.1) is 17.6 Å². The Kier molecular flexibility index (Phi) is 5.98. The quantitative estimate of drug-likeness (QED) is 0.786. The zero-order valence-electron chi connectivity index (χ0n) is 12.6. The van der Waals surface area contributed by atoms with Crippen LogP contribution in [-0.2, 0) is 14.9 Å². The third-order valence-corrected chi connectivity index (χ3v) is 3.62. The van der Waals surface area contributed by atoms with E-state index in [0.29, 0.717) is 12.4 Å². The third kappa shape index (κ3) is 5.11. The summed E-state index contributed by atoms with van der Waals surface area (Å²) >= 11 is 0. The number of nitrogens with one attached hydrogen (secondary N) is 1. The minimum absolute atomic E-state index is 0.0451. The summed E-state index contributed by atoms with van der Waals surface area (Å²) in [4.78, 5) is 7.27. The molecule has 0 unspecified atom stereocenters. The number of hydrogen-bond donors (Lipinski definition) is 1. The van der Waals surface area contributed by atoms with E-state index in [1.54, 1.807) is 12.1 Å². The maximum Gasteiger partial charge on any atom is 0.262 e. The van der Waals surface area contributed by atoms with Gasteiger partial charge in [0.15, 0.2) is 0 Å². The SMILES string of the molecule is Cc1cc(S(=O)(=O)NOCC(C)C)ccc1OC(C)C. The molecule has 0 radical (unpaired) electrons. The van der Waals surface area contributed by atoms with Crippen molar-refractivity contribution in [2.24, 2.45) is 5.92 Å². The van der Waals surface area contributed by atoms with E-state index in [1.807, 2.05) is 34.6 Å². The number of benzene rings is 1. The van der Waals surface area contributed by atoms with Crippen LogP contribution in [0.3, 0.4) is 0 Å². The van der Waals surface area contributed by atoms with Gasteiger partial charge < -0.3 is 4.74 Å². The fourth-order valence-corrected chi connectivity index (χ4v) is 2.40. The largest absolute Gasteiger partial charge is 0.491 e. The van der Waals surface area contributed by atoms with Crippen LogP contribution in [0.4, 0.5) is 0 Å². The molecule has 0 aliphatic rings. The van der Waals surface area contributed by atoms with Crippen molar-refractivity contribution in [2.75, 3.05) is 6.61 Å². The lowest BCUT2D eigenvalue weighted by Gasteiger charge is -2.14. The molecule has 0 spiro atoms. The Morgan fingerprint density at radius 1 is 1.20 bits per heavy atom. The lowest BCUT2D eigenvalue weighted by atomic mass is 10.2. The summed E-state index contributed by atoms with van der Waals surface area (Å²) in [5, 5.41) is 0. The number of rotatable bonds is 7. The fourth-order valence-electron chi connectivity index (χ4n) is 1.50.